The van der Waals surface area contributed by atoms with Crippen LogP contribution in [0.3, 0.4) is 0 Å². The van der Waals surface area contributed by atoms with Gasteiger partial charge in [0.15, 0.2) is 0 Å². The second kappa shape index (κ2) is 8.02. The molecule has 0 amide bonds. The van der Waals surface area contributed by atoms with E-state index in [1.165, 1.54) is 30.6 Å². The first-order valence-corrected chi connectivity index (χ1v) is 8.47. The third kappa shape index (κ3) is 4.35. The van der Waals surface area contributed by atoms with E-state index < -0.39 is 0 Å². The number of likely N-dealkylation sites (N-methyl/N-ethyl adjacent to an activating group) is 2. The maximum absolute atomic E-state index is 6.16. The van der Waals surface area contributed by atoms with Crippen molar-refractivity contribution in [1.29, 1.82) is 0 Å². The van der Waals surface area contributed by atoms with Gasteiger partial charge in [0, 0.05) is 36.9 Å². The van der Waals surface area contributed by atoms with Crippen LogP contribution in [0.25, 0.3) is 0 Å². The highest BCUT2D eigenvalue weighted by Gasteiger charge is 2.24. The summed E-state index contributed by atoms with van der Waals surface area (Å²) in [7, 11) is 2.20. The molecule has 3 nitrogen and oxygen atoms in total. The minimum Gasteiger partial charge on any atom is -0.373 e. The molecule has 1 aromatic carbocycles. The van der Waals surface area contributed by atoms with Crippen molar-refractivity contribution in [1.82, 2.24) is 10.2 Å². The van der Waals surface area contributed by atoms with Gasteiger partial charge in [-0.2, -0.15) is 0 Å². The van der Waals surface area contributed by atoms with E-state index >= 15 is 0 Å². The third-order valence-corrected chi connectivity index (χ3v) is 4.64. The van der Waals surface area contributed by atoms with Crippen molar-refractivity contribution < 1.29 is 0 Å². The van der Waals surface area contributed by atoms with Crippen molar-refractivity contribution in [2.24, 2.45) is 0 Å². The highest BCUT2D eigenvalue weighted by atomic mass is 35.5. The molecule has 0 aromatic heterocycles. The Kier molecular flexibility index (Phi) is 6.34. The van der Waals surface area contributed by atoms with Gasteiger partial charge in [0.25, 0.3) is 0 Å². The van der Waals surface area contributed by atoms with Crippen molar-refractivity contribution in [2.45, 2.75) is 39.3 Å². The van der Waals surface area contributed by atoms with Gasteiger partial charge in [0.1, 0.15) is 0 Å². The molecule has 0 aliphatic carbocycles. The lowest BCUT2D eigenvalue weighted by atomic mass is 10.1. The summed E-state index contributed by atoms with van der Waals surface area (Å²) in [5, 5.41) is 4.22. The van der Waals surface area contributed by atoms with E-state index in [-0.39, 0.29) is 0 Å². The molecule has 0 bridgehead atoms. The summed E-state index contributed by atoms with van der Waals surface area (Å²) < 4.78 is 0. The molecule has 1 atom stereocenters. The predicted molar refractivity (Wildman–Crippen MR) is 92.4 cm³/mol. The van der Waals surface area contributed by atoms with Crippen molar-refractivity contribution in [3.05, 3.63) is 28.8 Å². The van der Waals surface area contributed by atoms with Crippen LogP contribution in [0.15, 0.2) is 18.2 Å². The normalized spacial score (nSPS) is 19.1. The van der Waals surface area contributed by atoms with Crippen LogP contribution in [0.5, 0.6) is 0 Å². The van der Waals surface area contributed by atoms with Gasteiger partial charge >= 0.3 is 0 Å². The van der Waals surface area contributed by atoms with Crippen molar-refractivity contribution in [2.75, 3.05) is 38.1 Å². The number of nitrogens with one attached hydrogen (secondary N) is 1. The molecule has 21 heavy (non-hydrogen) atoms. The molecule has 1 saturated heterocycles. The number of nitrogens with zero attached hydrogens (tertiary/aromatic N) is 2. The van der Waals surface area contributed by atoms with Gasteiger partial charge in [0.05, 0.1) is 0 Å². The van der Waals surface area contributed by atoms with Crippen LogP contribution in [0.1, 0.15) is 32.3 Å². The van der Waals surface area contributed by atoms with Gasteiger partial charge < -0.3 is 10.2 Å². The summed E-state index contributed by atoms with van der Waals surface area (Å²) in [6, 6.07) is 6.92. The number of rotatable bonds is 7. The fourth-order valence-corrected chi connectivity index (χ4v) is 3.46. The largest absolute Gasteiger partial charge is 0.373 e. The number of benzene rings is 1. The van der Waals surface area contributed by atoms with Crippen LogP contribution in [0.2, 0.25) is 5.02 Å². The molecule has 0 spiro atoms. The predicted octanol–water partition coefficient (Wildman–Crippen LogP) is 3.37. The number of anilines is 1. The second-order valence-corrected chi connectivity index (χ2v) is 6.29. The molecule has 118 valence electrons. The van der Waals surface area contributed by atoms with Crippen LogP contribution >= 0.6 is 11.6 Å². The van der Waals surface area contributed by atoms with Crippen molar-refractivity contribution >= 4 is 17.3 Å². The molecular weight excluding hydrogens is 282 g/mol. The van der Waals surface area contributed by atoms with Gasteiger partial charge in [-0.25, -0.2) is 0 Å². The summed E-state index contributed by atoms with van der Waals surface area (Å²) >= 11 is 6.16. The van der Waals surface area contributed by atoms with Crippen LogP contribution < -0.4 is 10.2 Å². The van der Waals surface area contributed by atoms with E-state index in [0.29, 0.717) is 6.04 Å². The Hall–Kier alpha value is -0.770. The summed E-state index contributed by atoms with van der Waals surface area (Å²) in [6.07, 6.45) is 2.64. The molecule has 2 rings (SSSR count). The van der Waals surface area contributed by atoms with Crippen molar-refractivity contribution in [3.8, 4) is 0 Å². The number of likely N-dealkylation sites (tertiary alicyclic amines) is 1. The molecule has 1 heterocycles. The summed E-state index contributed by atoms with van der Waals surface area (Å²) in [5.74, 6) is 0. The molecular formula is C17H28ClN3. The summed E-state index contributed by atoms with van der Waals surface area (Å²) in [4.78, 5) is 4.98. The Labute approximate surface area is 134 Å². The van der Waals surface area contributed by atoms with E-state index in [0.717, 1.165) is 31.2 Å². The molecule has 1 unspecified atom stereocenters. The lowest BCUT2D eigenvalue weighted by Crippen LogP contribution is -2.39. The lowest BCUT2D eigenvalue weighted by molar-refractivity contribution is 0.270. The molecule has 4 heteroatoms. The van der Waals surface area contributed by atoms with Gasteiger partial charge in [-0.1, -0.05) is 25.4 Å². The Balaban J connectivity index is 2.08. The first kappa shape index (κ1) is 16.6. The van der Waals surface area contributed by atoms with Crippen LogP contribution in [0, 0.1) is 0 Å². The zero-order valence-corrected chi connectivity index (χ0v) is 14.3. The van der Waals surface area contributed by atoms with Gasteiger partial charge in [-0.05, 0) is 56.2 Å². The minimum atomic E-state index is 0.683. The fraction of sp³-hybridized carbons (Fsp3) is 0.647. The average molecular weight is 310 g/mol. The van der Waals surface area contributed by atoms with E-state index in [4.69, 9.17) is 11.6 Å². The van der Waals surface area contributed by atoms with Gasteiger partial charge in [-0.3, -0.25) is 4.90 Å². The molecule has 0 radical (unpaired) electrons. The molecule has 1 aliphatic rings. The Morgan fingerprint density at radius 3 is 2.90 bits per heavy atom. The van der Waals surface area contributed by atoms with E-state index in [1.807, 2.05) is 6.07 Å². The Morgan fingerprint density at radius 1 is 1.38 bits per heavy atom. The monoisotopic (exact) mass is 309 g/mol. The third-order valence-electron chi connectivity index (χ3n) is 4.41. The van der Waals surface area contributed by atoms with Gasteiger partial charge in [-0.15, -0.1) is 0 Å². The second-order valence-electron chi connectivity index (χ2n) is 5.86. The van der Waals surface area contributed by atoms with Crippen molar-refractivity contribution in [3.63, 3.8) is 0 Å². The van der Waals surface area contributed by atoms with E-state index in [2.05, 4.69) is 48.1 Å². The minimum absolute atomic E-state index is 0.683. The first-order valence-electron chi connectivity index (χ1n) is 8.10. The number of hydrogen-bond donors (Lipinski definition) is 1. The SMILES string of the molecule is CCNCc1cc(Cl)ccc1N(C)CC1CCCN1CC. The molecule has 1 fully saturated rings. The number of hydrogen-bond acceptors (Lipinski definition) is 3. The molecule has 1 aromatic rings. The topological polar surface area (TPSA) is 18.5 Å². The highest BCUT2D eigenvalue weighted by Crippen LogP contribution is 2.26. The molecule has 1 N–H and O–H groups in total. The first-order chi connectivity index (χ1) is 10.2. The van der Waals surface area contributed by atoms with Crippen LogP contribution in [-0.2, 0) is 6.54 Å². The Morgan fingerprint density at radius 2 is 2.19 bits per heavy atom. The summed E-state index contributed by atoms with van der Waals surface area (Å²) in [5.41, 5.74) is 2.58. The lowest BCUT2D eigenvalue weighted by Gasteiger charge is -2.30. The molecule has 1 aliphatic heterocycles. The Bertz CT molecular complexity index is 450. The maximum atomic E-state index is 6.16. The zero-order valence-electron chi connectivity index (χ0n) is 13.5. The van der Waals surface area contributed by atoms with E-state index in [1.54, 1.807) is 0 Å². The smallest absolute Gasteiger partial charge is 0.0410 e. The number of halogens is 1. The van der Waals surface area contributed by atoms with Gasteiger partial charge in [0.2, 0.25) is 0 Å². The zero-order chi connectivity index (χ0) is 15.2. The standard InChI is InChI=1S/C17H28ClN3/c1-4-19-12-14-11-15(18)8-9-17(14)20(3)13-16-7-6-10-21(16)5-2/h8-9,11,16,19H,4-7,10,12-13H2,1-3H3. The quantitative estimate of drug-likeness (QED) is 0.833. The van der Waals surface area contributed by atoms with E-state index in [9.17, 15) is 0 Å². The summed E-state index contributed by atoms with van der Waals surface area (Å²) in [6.45, 7) is 9.74. The molecule has 0 saturated carbocycles. The average Bonchev–Trinajstić information content (AvgIpc) is 2.92. The van der Waals surface area contributed by atoms with Crippen LogP contribution in [0.4, 0.5) is 5.69 Å². The maximum Gasteiger partial charge on any atom is 0.0410 e. The fourth-order valence-electron chi connectivity index (χ4n) is 3.26. The highest BCUT2D eigenvalue weighted by molar-refractivity contribution is 6.30. The van der Waals surface area contributed by atoms with Crippen LogP contribution in [-0.4, -0.2) is 44.2 Å².